The maximum Gasteiger partial charge on any atom is 0.106 e. The van der Waals surface area contributed by atoms with Crippen LogP contribution < -0.4 is 0 Å². The van der Waals surface area contributed by atoms with E-state index in [0.717, 1.165) is 5.56 Å². The molecule has 20 heavy (non-hydrogen) atoms. The molecule has 1 aliphatic rings. The van der Waals surface area contributed by atoms with E-state index in [1.54, 1.807) is 6.92 Å². The molecule has 2 N–H and O–H groups in total. The van der Waals surface area contributed by atoms with Crippen LogP contribution in [0.15, 0.2) is 18.2 Å². The molecule has 1 aromatic rings. The third-order valence-corrected chi connectivity index (χ3v) is 5.65. The topological polar surface area (TPSA) is 40.5 Å². The lowest BCUT2D eigenvalue weighted by Gasteiger charge is -2.62. The Balaban J connectivity index is 2.60. The van der Waals surface area contributed by atoms with Crippen molar-refractivity contribution < 1.29 is 10.2 Å². The van der Waals surface area contributed by atoms with E-state index in [1.165, 1.54) is 11.1 Å². The number of fused-ring (bicyclic) bond motifs is 1. The van der Waals surface area contributed by atoms with E-state index in [2.05, 4.69) is 39.8 Å². The Labute approximate surface area is 122 Å². The van der Waals surface area contributed by atoms with Crippen LogP contribution in [-0.4, -0.2) is 16.3 Å². The maximum atomic E-state index is 11.4. The predicted molar refractivity (Wildman–Crippen MR) is 82.9 cm³/mol. The van der Waals surface area contributed by atoms with Gasteiger partial charge in [-0.1, -0.05) is 59.7 Å². The van der Waals surface area contributed by atoms with Crippen LogP contribution in [0.1, 0.15) is 71.1 Å². The Morgan fingerprint density at radius 3 is 2.05 bits per heavy atom. The van der Waals surface area contributed by atoms with E-state index in [4.69, 9.17) is 0 Å². The van der Waals surface area contributed by atoms with Gasteiger partial charge < -0.3 is 10.2 Å². The Kier molecular flexibility index (Phi) is 3.35. The van der Waals surface area contributed by atoms with Crippen LogP contribution in [0.4, 0.5) is 0 Å². The van der Waals surface area contributed by atoms with Crippen LogP contribution in [0.25, 0.3) is 0 Å². The highest BCUT2D eigenvalue weighted by molar-refractivity contribution is 5.55. The Bertz CT molecular complexity index is 526. The van der Waals surface area contributed by atoms with Crippen molar-refractivity contribution in [3.8, 4) is 0 Å². The molecule has 0 amide bonds. The highest BCUT2D eigenvalue weighted by Crippen LogP contribution is 2.63. The van der Waals surface area contributed by atoms with E-state index < -0.39 is 17.1 Å². The number of aliphatic hydroxyl groups is 2. The van der Waals surface area contributed by atoms with Gasteiger partial charge in [0, 0.05) is 10.8 Å². The number of rotatable bonds is 3. The standard InChI is InChI=1S/C18H28O2/c1-11(2)13-8-9-14-15(10-13)17(6,7)18(14,20)16(4,5)12(3)19/h8-12,19-20H,1-7H3/t12-,18-/m1/s1. The van der Waals surface area contributed by atoms with Crippen molar-refractivity contribution in [2.75, 3.05) is 0 Å². The van der Waals surface area contributed by atoms with Gasteiger partial charge in [0.1, 0.15) is 5.60 Å². The summed E-state index contributed by atoms with van der Waals surface area (Å²) in [5, 5.41) is 21.5. The molecule has 1 aliphatic carbocycles. The number of benzene rings is 1. The van der Waals surface area contributed by atoms with Gasteiger partial charge in [0.25, 0.3) is 0 Å². The van der Waals surface area contributed by atoms with E-state index in [9.17, 15) is 10.2 Å². The van der Waals surface area contributed by atoms with Crippen LogP contribution in [0, 0.1) is 5.41 Å². The molecular formula is C18H28O2. The second-order valence-electron chi connectivity index (χ2n) is 7.69. The summed E-state index contributed by atoms with van der Waals surface area (Å²) in [5.74, 6) is 0.481. The summed E-state index contributed by atoms with van der Waals surface area (Å²) in [6.45, 7) is 14.2. The smallest absolute Gasteiger partial charge is 0.106 e. The van der Waals surface area contributed by atoms with Gasteiger partial charge in [0.05, 0.1) is 6.10 Å². The molecule has 1 aromatic carbocycles. The van der Waals surface area contributed by atoms with Gasteiger partial charge in [-0.15, -0.1) is 0 Å². The van der Waals surface area contributed by atoms with E-state index in [-0.39, 0.29) is 5.41 Å². The molecule has 0 saturated carbocycles. The first-order chi connectivity index (χ1) is 8.98. The fourth-order valence-electron chi connectivity index (χ4n) is 3.68. The normalized spacial score (nSPS) is 26.1. The van der Waals surface area contributed by atoms with Crippen LogP contribution in [0.2, 0.25) is 0 Å². The first kappa shape index (κ1) is 15.5. The monoisotopic (exact) mass is 276 g/mol. The molecule has 0 spiro atoms. The van der Waals surface area contributed by atoms with Crippen molar-refractivity contribution in [2.45, 2.75) is 71.5 Å². The van der Waals surface area contributed by atoms with Gasteiger partial charge in [-0.25, -0.2) is 0 Å². The summed E-state index contributed by atoms with van der Waals surface area (Å²) in [6.07, 6.45) is -0.579. The zero-order chi connectivity index (χ0) is 15.5. The van der Waals surface area contributed by atoms with Crippen molar-refractivity contribution in [1.82, 2.24) is 0 Å². The molecule has 0 aromatic heterocycles. The fraction of sp³-hybridized carbons (Fsp3) is 0.667. The van der Waals surface area contributed by atoms with Crippen molar-refractivity contribution in [3.63, 3.8) is 0 Å². The van der Waals surface area contributed by atoms with Crippen LogP contribution in [0.3, 0.4) is 0 Å². The second kappa shape index (κ2) is 4.32. The van der Waals surface area contributed by atoms with Gasteiger partial charge in [0.2, 0.25) is 0 Å². The fourth-order valence-corrected chi connectivity index (χ4v) is 3.68. The molecule has 2 heteroatoms. The average Bonchev–Trinajstić information content (AvgIpc) is 2.36. The summed E-state index contributed by atoms with van der Waals surface area (Å²) in [6, 6.07) is 6.36. The lowest BCUT2D eigenvalue weighted by Crippen LogP contribution is -2.65. The first-order valence-corrected chi connectivity index (χ1v) is 7.53. The first-order valence-electron chi connectivity index (χ1n) is 7.53. The molecule has 0 saturated heterocycles. The molecule has 2 rings (SSSR count). The van der Waals surface area contributed by atoms with Gasteiger partial charge in [-0.2, -0.15) is 0 Å². The Morgan fingerprint density at radius 1 is 1.05 bits per heavy atom. The minimum atomic E-state index is -1.00. The lowest BCUT2D eigenvalue weighted by atomic mass is 9.45. The molecule has 0 aliphatic heterocycles. The Morgan fingerprint density at radius 2 is 1.60 bits per heavy atom. The maximum absolute atomic E-state index is 11.4. The number of aliphatic hydroxyl groups excluding tert-OH is 1. The highest BCUT2D eigenvalue weighted by Gasteiger charge is 2.65. The summed E-state index contributed by atoms with van der Waals surface area (Å²) < 4.78 is 0. The predicted octanol–water partition coefficient (Wildman–Crippen LogP) is 3.70. The molecular weight excluding hydrogens is 248 g/mol. The summed E-state index contributed by atoms with van der Waals surface area (Å²) >= 11 is 0. The summed E-state index contributed by atoms with van der Waals surface area (Å²) in [7, 11) is 0. The van der Waals surface area contributed by atoms with Crippen LogP contribution in [0.5, 0.6) is 0 Å². The summed E-state index contributed by atoms with van der Waals surface area (Å²) in [4.78, 5) is 0. The Hall–Kier alpha value is -0.860. The van der Waals surface area contributed by atoms with Crippen molar-refractivity contribution in [3.05, 3.63) is 34.9 Å². The van der Waals surface area contributed by atoms with Crippen LogP contribution in [-0.2, 0) is 11.0 Å². The number of hydrogen-bond acceptors (Lipinski definition) is 2. The molecule has 2 atom stereocenters. The zero-order valence-electron chi connectivity index (χ0n) is 13.8. The van der Waals surface area contributed by atoms with Gasteiger partial charge in [-0.05, 0) is 29.5 Å². The molecule has 0 bridgehead atoms. The molecule has 2 nitrogen and oxygen atoms in total. The minimum absolute atomic E-state index is 0.353. The second-order valence-corrected chi connectivity index (χ2v) is 7.69. The third kappa shape index (κ3) is 1.64. The quantitative estimate of drug-likeness (QED) is 0.884. The molecule has 0 radical (unpaired) electrons. The largest absolute Gasteiger partial charge is 0.393 e. The van der Waals surface area contributed by atoms with Gasteiger partial charge in [-0.3, -0.25) is 0 Å². The van der Waals surface area contributed by atoms with Crippen molar-refractivity contribution >= 4 is 0 Å². The SMILES string of the molecule is CC(C)c1ccc2c(c1)C(C)(C)[C@]2(O)C(C)(C)[C@@H](C)O. The minimum Gasteiger partial charge on any atom is -0.393 e. The van der Waals surface area contributed by atoms with E-state index in [0.29, 0.717) is 5.92 Å². The average molecular weight is 276 g/mol. The molecule has 112 valence electrons. The molecule has 0 unspecified atom stereocenters. The van der Waals surface area contributed by atoms with E-state index >= 15 is 0 Å². The third-order valence-electron chi connectivity index (χ3n) is 5.65. The van der Waals surface area contributed by atoms with Crippen LogP contribution >= 0.6 is 0 Å². The molecule has 0 heterocycles. The highest BCUT2D eigenvalue weighted by atomic mass is 16.3. The van der Waals surface area contributed by atoms with Gasteiger partial charge in [0.15, 0.2) is 0 Å². The van der Waals surface area contributed by atoms with Gasteiger partial charge >= 0.3 is 0 Å². The van der Waals surface area contributed by atoms with E-state index in [1.807, 2.05) is 19.9 Å². The van der Waals surface area contributed by atoms with Crippen molar-refractivity contribution in [1.29, 1.82) is 0 Å². The summed E-state index contributed by atoms with van der Waals surface area (Å²) in [5.41, 5.74) is 1.53. The zero-order valence-corrected chi connectivity index (χ0v) is 13.8. The lowest BCUT2D eigenvalue weighted by molar-refractivity contribution is -0.187. The van der Waals surface area contributed by atoms with Crippen molar-refractivity contribution in [2.24, 2.45) is 5.41 Å². The number of hydrogen-bond donors (Lipinski definition) is 2. The molecule has 0 fully saturated rings.